The molecular weight excluding hydrogens is 319 g/mol. The van der Waals surface area contributed by atoms with Crippen LogP contribution in [0.25, 0.3) is 0 Å². The maximum Gasteiger partial charge on any atom is 0.127 e. The van der Waals surface area contributed by atoms with Crippen LogP contribution in [0.3, 0.4) is 0 Å². The van der Waals surface area contributed by atoms with Crippen molar-refractivity contribution < 1.29 is 14.6 Å². The number of halogens is 1. The molecule has 0 saturated carbocycles. The summed E-state index contributed by atoms with van der Waals surface area (Å²) in [6.45, 7) is 3.99. The molecule has 1 aliphatic heterocycles. The molecule has 134 valence electrons. The van der Waals surface area contributed by atoms with Crippen LogP contribution in [-0.2, 0) is 13.1 Å². The average molecular weight is 344 g/mol. The number of piperazine rings is 1. The minimum atomic E-state index is -0.174. The molecule has 1 saturated heterocycles. The molecule has 1 aliphatic rings. The Morgan fingerprint density at radius 2 is 1.88 bits per heavy atom. The predicted octanol–water partition coefficient (Wildman–Crippen LogP) is 2.60. The van der Waals surface area contributed by atoms with E-state index in [0.29, 0.717) is 18.5 Å². The van der Waals surface area contributed by atoms with E-state index in [9.17, 15) is 14.6 Å². The lowest BCUT2D eigenvalue weighted by Gasteiger charge is -2.41. The summed E-state index contributed by atoms with van der Waals surface area (Å²) < 4.78 is 13.9. The Kier molecular flexibility index (Phi) is 6.02. The molecule has 2 aromatic carbocycles. The summed E-state index contributed by atoms with van der Waals surface area (Å²) in [7, 11) is 0. The van der Waals surface area contributed by atoms with Gasteiger partial charge in [-0.2, -0.15) is 0 Å². The van der Waals surface area contributed by atoms with Gasteiger partial charge in [-0.25, -0.2) is 4.39 Å². The lowest BCUT2D eigenvalue weighted by molar-refractivity contribution is 0.0493. The van der Waals surface area contributed by atoms with Gasteiger partial charge in [-0.15, -0.1) is 0 Å². The molecule has 4 nitrogen and oxygen atoms in total. The molecule has 1 heterocycles. The van der Waals surface area contributed by atoms with Crippen molar-refractivity contribution in [3.8, 4) is 5.75 Å². The van der Waals surface area contributed by atoms with Gasteiger partial charge in [-0.1, -0.05) is 30.3 Å². The van der Waals surface area contributed by atoms with Gasteiger partial charge in [0.15, 0.2) is 0 Å². The molecule has 3 rings (SSSR count). The average Bonchev–Trinajstić information content (AvgIpc) is 2.59. The molecule has 0 unspecified atom stereocenters. The normalized spacial score (nSPS) is 19.2. The molecular formula is C20H25FN2O2. The van der Waals surface area contributed by atoms with Crippen LogP contribution in [0.1, 0.15) is 17.5 Å². The van der Waals surface area contributed by atoms with Gasteiger partial charge in [0.1, 0.15) is 11.6 Å². The van der Waals surface area contributed by atoms with Crippen LogP contribution in [0, 0.1) is 5.82 Å². The van der Waals surface area contributed by atoms with E-state index in [1.165, 1.54) is 6.07 Å². The predicted molar refractivity (Wildman–Crippen MR) is 95.7 cm³/mol. The minimum Gasteiger partial charge on any atom is -0.508 e. The highest BCUT2D eigenvalue weighted by molar-refractivity contribution is 5.27. The number of aromatic hydroxyl groups is 1. The first kappa shape index (κ1) is 17.9. The van der Waals surface area contributed by atoms with E-state index < -0.39 is 0 Å². The smallest absolute Gasteiger partial charge is 0.127 e. The van der Waals surface area contributed by atoms with E-state index in [-0.39, 0.29) is 24.2 Å². The largest absolute Gasteiger partial charge is 0.508 e. The molecule has 0 radical (unpaired) electrons. The highest BCUT2D eigenvalue weighted by Crippen LogP contribution is 2.20. The van der Waals surface area contributed by atoms with Crippen molar-refractivity contribution in [2.24, 2.45) is 0 Å². The Hall–Kier alpha value is -1.95. The fourth-order valence-corrected chi connectivity index (χ4v) is 3.49. The lowest BCUT2D eigenvalue weighted by Crippen LogP contribution is -2.52. The van der Waals surface area contributed by atoms with E-state index in [1.807, 2.05) is 24.3 Å². The van der Waals surface area contributed by atoms with Crippen molar-refractivity contribution in [2.75, 3.05) is 26.2 Å². The topological polar surface area (TPSA) is 46.9 Å². The summed E-state index contributed by atoms with van der Waals surface area (Å²) in [5, 5.41) is 19.0. The molecule has 0 amide bonds. The maximum atomic E-state index is 13.9. The lowest BCUT2D eigenvalue weighted by atomic mass is 10.1. The first-order valence-corrected chi connectivity index (χ1v) is 8.74. The molecule has 0 aliphatic carbocycles. The van der Waals surface area contributed by atoms with Gasteiger partial charge in [-0.3, -0.25) is 9.80 Å². The van der Waals surface area contributed by atoms with Crippen molar-refractivity contribution >= 4 is 0 Å². The molecule has 0 aromatic heterocycles. The van der Waals surface area contributed by atoms with E-state index in [1.54, 1.807) is 18.2 Å². The Morgan fingerprint density at radius 1 is 1.04 bits per heavy atom. The summed E-state index contributed by atoms with van der Waals surface area (Å²) in [5.74, 6) is 0.107. The van der Waals surface area contributed by atoms with Gasteiger partial charge in [-0.05, 0) is 30.2 Å². The van der Waals surface area contributed by atoms with Crippen LogP contribution in [0.5, 0.6) is 5.75 Å². The van der Waals surface area contributed by atoms with Gasteiger partial charge in [0.25, 0.3) is 0 Å². The number of phenols is 1. The van der Waals surface area contributed by atoms with E-state index in [0.717, 1.165) is 31.7 Å². The number of phenolic OH excluding ortho intramolecular Hbond substituents is 1. The van der Waals surface area contributed by atoms with Gasteiger partial charge < -0.3 is 10.2 Å². The Balaban J connectivity index is 1.65. The fraction of sp³-hybridized carbons (Fsp3) is 0.400. The molecule has 25 heavy (non-hydrogen) atoms. The SMILES string of the molecule is OCC[C@@H]1CN(Cc2cccc(O)c2)CCN1Cc1ccccc1F. The summed E-state index contributed by atoms with van der Waals surface area (Å²) in [4.78, 5) is 4.58. The summed E-state index contributed by atoms with van der Waals surface area (Å²) in [6.07, 6.45) is 0.672. The van der Waals surface area contributed by atoms with Gasteiger partial charge >= 0.3 is 0 Å². The first-order valence-electron chi connectivity index (χ1n) is 8.74. The van der Waals surface area contributed by atoms with E-state index in [2.05, 4.69) is 9.80 Å². The number of aliphatic hydroxyl groups excluding tert-OH is 1. The zero-order valence-electron chi connectivity index (χ0n) is 14.3. The molecule has 1 fully saturated rings. The van der Waals surface area contributed by atoms with Crippen LogP contribution >= 0.6 is 0 Å². The van der Waals surface area contributed by atoms with E-state index in [4.69, 9.17) is 0 Å². The third kappa shape index (κ3) is 4.78. The molecule has 0 spiro atoms. The second-order valence-corrected chi connectivity index (χ2v) is 6.63. The number of hydrogen-bond acceptors (Lipinski definition) is 4. The minimum absolute atomic E-state index is 0.123. The monoisotopic (exact) mass is 344 g/mol. The zero-order valence-corrected chi connectivity index (χ0v) is 14.3. The summed E-state index contributed by atoms with van der Waals surface area (Å²) in [6, 6.07) is 14.4. The second kappa shape index (κ2) is 8.43. The van der Waals surface area contributed by atoms with Crippen LogP contribution in [0.4, 0.5) is 4.39 Å². The number of hydrogen-bond donors (Lipinski definition) is 2. The van der Waals surface area contributed by atoms with Crippen molar-refractivity contribution in [1.82, 2.24) is 9.80 Å². The zero-order chi connectivity index (χ0) is 17.6. The maximum absolute atomic E-state index is 13.9. The third-order valence-corrected chi connectivity index (χ3v) is 4.80. The van der Waals surface area contributed by atoms with Crippen molar-refractivity contribution in [2.45, 2.75) is 25.6 Å². The van der Waals surface area contributed by atoms with Crippen LogP contribution < -0.4 is 0 Å². The third-order valence-electron chi connectivity index (χ3n) is 4.80. The number of benzene rings is 2. The van der Waals surface area contributed by atoms with Gasteiger partial charge in [0.2, 0.25) is 0 Å². The summed E-state index contributed by atoms with van der Waals surface area (Å²) in [5.41, 5.74) is 1.78. The highest BCUT2D eigenvalue weighted by atomic mass is 19.1. The number of rotatable bonds is 6. The highest BCUT2D eigenvalue weighted by Gasteiger charge is 2.27. The number of aliphatic hydroxyl groups is 1. The van der Waals surface area contributed by atoms with Crippen LogP contribution in [-0.4, -0.2) is 52.3 Å². The fourth-order valence-electron chi connectivity index (χ4n) is 3.49. The van der Waals surface area contributed by atoms with Crippen LogP contribution in [0.15, 0.2) is 48.5 Å². The van der Waals surface area contributed by atoms with Crippen molar-refractivity contribution in [1.29, 1.82) is 0 Å². The quantitative estimate of drug-likeness (QED) is 0.846. The second-order valence-electron chi connectivity index (χ2n) is 6.63. The Labute approximate surface area is 148 Å². The number of nitrogens with zero attached hydrogens (tertiary/aromatic N) is 2. The molecule has 2 N–H and O–H groups in total. The Morgan fingerprint density at radius 3 is 2.64 bits per heavy atom. The summed E-state index contributed by atoms with van der Waals surface area (Å²) >= 11 is 0. The van der Waals surface area contributed by atoms with Crippen molar-refractivity contribution in [3.05, 3.63) is 65.5 Å². The standard InChI is InChI=1S/C20H25FN2O2/c21-20-7-2-1-5-17(20)14-23-10-9-22(15-18(23)8-11-24)13-16-4-3-6-19(25)12-16/h1-7,12,18,24-25H,8-11,13-15H2/t18-/m1/s1. The molecule has 5 heteroatoms. The molecule has 2 aromatic rings. The first-order chi connectivity index (χ1) is 12.2. The molecule has 1 atom stereocenters. The van der Waals surface area contributed by atoms with Crippen molar-refractivity contribution in [3.63, 3.8) is 0 Å². The Bertz CT molecular complexity index is 695. The molecule has 0 bridgehead atoms. The van der Waals surface area contributed by atoms with Crippen LogP contribution in [0.2, 0.25) is 0 Å². The van der Waals surface area contributed by atoms with Gasteiger partial charge in [0.05, 0.1) is 0 Å². The van der Waals surface area contributed by atoms with Gasteiger partial charge in [0, 0.05) is 50.9 Å². The van der Waals surface area contributed by atoms with E-state index >= 15 is 0 Å².